The molecule has 0 aromatic heterocycles. The third-order valence-corrected chi connectivity index (χ3v) is 9.70. The minimum atomic E-state index is -1.90. The lowest BCUT2D eigenvalue weighted by Crippen LogP contribution is -2.32. The second-order valence-electron chi connectivity index (χ2n) is 10.6. The van der Waals surface area contributed by atoms with E-state index in [4.69, 9.17) is 4.74 Å². The van der Waals surface area contributed by atoms with E-state index in [9.17, 15) is 24.9 Å². The van der Waals surface area contributed by atoms with Gasteiger partial charge in [-0.25, -0.2) is 9.59 Å². The fraction of sp³-hybridized carbons (Fsp3) is 0.394. The molecule has 1 heterocycles. The molecule has 6 nitrogen and oxygen atoms in total. The predicted octanol–water partition coefficient (Wildman–Crippen LogP) is 8.59. The zero-order valence-electron chi connectivity index (χ0n) is 23.9. The van der Waals surface area contributed by atoms with Gasteiger partial charge in [-0.3, -0.25) is 0 Å². The number of carboxylic acids is 1. The Morgan fingerprint density at radius 1 is 0.805 bits per heavy atom. The number of cyclic esters (lactones) is 1. The molecule has 0 spiro atoms. The highest BCUT2D eigenvalue weighted by Crippen LogP contribution is 2.56. The molecule has 0 atom stereocenters. The summed E-state index contributed by atoms with van der Waals surface area (Å²) in [4.78, 5) is 26.3. The van der Waals surface area contributed by atoms with Gasteiger partial charge in [-0.15, -0.1) is 0 Å². The van der Waals surface area contributed by atoms with Crippen LogP contribution >= 0.6 is 31.9 Å². The summed E-state index contributed by atoms with van der Waals surface area (Å²) in [7, 11) is 0. The Hall–Kier alpha value is -2.84. The van der Waals surface area contributed by atoms with Gasteiger partial charge in [-0.05, 0) is 61.1 Å². The first kappa shape index (κ1) is 31.1. The number of hydrogen-bond acceptors (Lipinski definition) is 5. The van der Waals surface area contributed by atoms with Crippen molar-refractivity contribution in [1.29, 1.82) is 0 Å². The smallest absolute Gasteiger partial charge is 0.340 e. The van der Waals surface area contributed by atoms with Gasteiger partial charge in [0.25, 0.3) is 0 Å². The molecule has 1 aliphatic rings. The maximum Gasteiger partial charge on any atom is 0.340 e. The Balaban J connectivity index is 2.29. The van der Waals surface area contributed by atoms with Crippen molar-refractivity contribution < 1.29 is 29.6 Å². The van der Waals surface area contributed by atoms with E-state index >= 15 is 0 Å². The van der Waals surface area contributed by atoms with E-state index in [0.29, 0.717) is 36.8 Å². The Morgan fingerprint density at radius 3 is 1.68 bits per heavy atom. The maximum atomic E-state index is 13.6. The number of carbonyl (C=O) groups excluding carboxylic acids is 1. The second-order valence-corrected chi connectivity index (χ2v) is 12.1. The first-order valence-electron chi connectivity index (χ1n) is 14.3. The van der Waals surface area contributed by atoms with Crippen LogP contribution in [0.1, 0.15) is 113 Å². The predicted molar refractivity (Wildman–Crippen MR) is 166 cm³/mol. The molecule has 41 heavy (non-hydrogen) atoms. The fourth-order valence-corrected chi connectivity index (χ4v) is 7.37. The van der Waals surface area contributed by atoms with Gasteiger partial charge >= 0.3 is 11.9 Å². The average molecular weight is 688 g/mol. The van der Waals surface area contributed by atoms with Crippen LogP contribution in [0.5, 0.6) is 11.5 Å². The molecule has 4 rings (SSSR count). The van der Waals surface area contributed by atoms with Gasteiger partial charge < -0.3 is 20.1 Å². The molecule has 0 saturated heterocycles. The third-order valence-electron chi connectivity index (χ3n) is 7.72. The molecule has 0 bridgehead atoms. The molecule has 218 valence electrons. The molecule has 1 aliphatic heterocycles. The first-order chi connectivity index (χ1) is 19.6. The topological polar surface area (TPSA) is 104 Å². The van der Waals surface area contributed by atoms with Crippen LogP contribution in [-0.4, -0.2) is 27.3 Å². The van der Waals surface area contributed by atoms with Gasteiger partial charge in [-0.2, -0.15) is 0 Å². The molecule has 3 N–H and O–H groups in total. The van der Waals surface area contributed by atoms with Gasteiger partial charge in [0.2, 0.25) is 0 Å². The van der Waals surface area contributed by atoms with Crippen molar-refractivity contribution >= 4 is 43.8 Å². The molecule has 0 aliphatic carbocycles. The normalized spacial score (nSPS) is 13.8. The van der Waals surface area contributed by atoms with Crippen molar-refractivity contribution in [1.82, 2.24) is 0 Å². The number of hydrogen-bond donors (Lipinski definition) is 3. The zero-order chi connectivity index (χ0) is 30.1. The molecular weight excluding hydrogens is 652 g/mol. The number of aromatic carboxylic acids is 1. The van der Waals surface area contributed by atoms with Gasteiger partial charge in [0.15, 0.2) is 5.60 Å². The Kier molecular flexibility index (Phi) is 9.54. The zero-order valence-corrected chi connectivity index (χ0v) is 27.0. The van der Waals surface area contributed by atoms with E-state index in [2.05, 4.69) is 45.7 Å². The minimum absolute atomic E-state index is 0.0872. The van der Waals surface area contributed by atoms with Gasteiger partial charge in [-0.1, -0.05) is 91.3 Å². The highest BCUT2D eigenvalue weighted by Gasteiger charge is 2.54. The standard InChI is InChI=1S/C33H36Br2O6/c1-5-10-18-16-24(29(36)22(12-7-3)27(18)34)33(26-20(31(38)39)14-9-15-21(26)32(40)41-33)25-17-19(11-6-2)28(35)23(13-8-4)30(25)37/h9,14-17,36-37H,5-8,10-13H2,1-4H3,(H,38,39). The highest BCUT2D eigenvalue weighted by molar-refractivity contribution is 9.10. The minimum Gasteiger partial charge on any atom is -0.507 e. The number of halogens is 2. The fourth-order valence-electron chi connectivity index (χ4n) is 5.98. The van der Waals surface area contributed by atoms with E-state index in [1.165, 1.54) is 18.2 Å². The van der Waals surface area contributed by atoms with Crippen molar-refractivity contribution in [3.05, 3.63) is 89.3 Å². The maximum absolute atomic E-state index is 13.6. The summed E-state index contributed by atoms with van der Waals surface area (Å²) in [6, 6.07) is 8.08. The van der Waals surface area contributed by atoms with Gasteiger partial charge in [0.05, 0.1) is 11.1 Å². The molecule has 3 aromatic rings. The number of carboxylic acid groups (broad SMARTS) is 1. The Labute approximate surface area is 258 Å². The number of ether oxygens (including phenoxy) is 1. The largest absolute Gasteiger partial charge is 0.507 e. The third kappa shape index (κ3) is 5.18. The van der Waals surface area contributed by atoms with E-state index in [0.717, 1.165) is 45.8 Å². The number of rotatable bonds is 11. The molecule has 0 unspecified atom stereocenters. The molecule has 3 aromatic carbocycles. The van der Waals surface area contributed by atoms with Crippen LogP contribution in [-0.2, 0) is 36.0 Å². The van der Waals surface area contributed by atoms with Gasteiger partial charge in [0.1, 0.15) is 11.5 Å². The van der Waals surface area contributed by atoms with Crippen molar-refractivity contribution in [2.24, 2.45) is 0 Å². The van der Waals surface area contributed by atoms with Crippen molar-refractivity contribution in [2.45, 2.75) is 84.7 Å². The van der Waals surface area contributed by atoms with Crippen molar-refractivity contribution in [3.63, 3.8) is 0 Å². The summed E-state index contributed by atoms with van der Waals surface area (Å²) in [5.74, 6) is -2.12. The lowest BCUT2D eigenvalue weighted by Gasteiger charge is -2.34. The van der Waals surface area contributed by atoms with Crippen LogP contribution < -0.4 is 0 Å². The van der Waals surface area contributed by atoms with Crippen LogP contribution in [0.2, 0.25) is 0 Å². The van der Waals surface area contributed by atoms with Crippen LogP contribution in [0.15, 0.2) is 39.3 Å². The number of benzene rings is 3. The van der Waals surface area contributed by atoms with Crippen LogP contribution in [0.3, 0.4) is 0 Å². The molecule has 0 fully saturated rings. The molecule has 0 amide bonds. The van der Waals surface area contributed by atoms with Crippen LogP contribution in [0.25, 0.3) is 0 Å². The number of phenols is 2. The molecular formula is C33H36Br2O6. The van der Waals surface area contributed by atoms with E-state index in [1.807, 2.05) is 13.8 Å². The van der Waals surface area contributed by atoms with Gasteiger partial charge in [0, 0.05) is 36.8 Å². The summed E-state index contributed by atoms with van der Waals surface area (Å²) >= 11 is 7.41. The second kappa shape index (κ2) is 12.6. The van der Waals surface area contributed by atoms with Crippen molar-refractivity contribution in [3.8, 4) is 11.5 Å². The quantitative estimate of drug-likeness (QED) is 0.175. The van der Waals surface area contributed by atoms with Crippen molar-refractivity contribution in [2.75, 3.05) is 0 Å². The molecule has 8 heteroatoms. The first-order valence-corrected chi connectivity index (χ1v) is 15.8. The summed E-state index contributed by atoms with van der Waals surface area (Å²) in [6.07, 6.45) is 5.58. The monoisotopic (exact) mass is 686 g/mol. The van der Waals surface area contributed by atoms with E-state index in [-0.39, 0.29) is 39.3 Å². The molecule has 0 saturated carbocycles. The lowest BCUT2D eigenvalue weighted by molar-refractivity contribution is 0.0232. The number of esters is 1. The average Bonchev–Trinajstić information content (AvgIpc) is 3.25. The van der Waals surface area contributed by atoms with E-state index < -0.39 is 17.5 Å². The van der Waals surface area contributed by atoms with Crippen LogP contribution in [0.4, 0.5) is 0 Å². The Bertz CT molecular complexity index is 1440. The number of phenolic OH excluding ortho intramolecular Hbond substituents is 2. The summed E-state index contributed by atoms with van der Waals surface area (Å²) in [6.45, 7) is 8.12. The SMILES string of the molecule is CCCc1cc(C2(c3cc(CCC)c(Br)c(CCC)c3O)OC(=O)c3cccc(C(=O)O)c32)c(O)c(CCC)c1Br. The number of aromatic hydroxyl groups is 2. The molecule has 0 radical (unpaired) electrons. The van der Waals surface area contributed by atoms with Crippen LogP contribution in [0, 0.1) is 0 Å². The summed E-state index contributed by atoms with van der Waals surface area (Å²) in [5.41, 5.74) is 1.80. The van der Waals surface area contributed by atoms with E-state index in [1.54, 1.807) is 12.1 Å². The number of aryl methyl sites for hydroxylation is 2. The number of fused-ring (bicyclic) bond motifs is 1. The Morgan fingerprint density at radius 2 is 1.27 bits per heavy atom. The summed E-state index contributed by atoms with van der Waals surface area (Å²) in [5, 5.41) is 34.2. The highest BCUT2D eigenvalue weighted by atomic mass is 79.9. The number of carbonyl (C=O) groups is 2. The lowest BCUT2D eigenvalue weighted by atomic mass is 9.74. The summed E-state index contributed by atoms with van der Waals surface area (Å²) < 4.78 is 7.87.